The number of aliphatic imine (C=N–C) groups is 1. The van der Waals surface area contributed by atoms with Crippen molar-refractivity contribution in [3.63, 3.8) is 0 Å². The third-order valence-electron chi connectivity index (χ3n) is 2.50. The van der Waals surface area contributed by atoms with Crippen molar-refractivity contribution < 1.29 is 14.6 Å². The van der Waals surface area contributed by atoms with Crippen LogP contribution >= 0.6 is 0 Å². The minimum atomic E-state index is -1.02. The Morgan fingerprint density at radius 2 is 2.64 bits per heavy atom. The van der Waals surface area contributed by atoms with Crippen molar-refractivity contribution in [1.29, 1.82) is 0 Å². The van der Waals surface area contributed by atoms with Crippen LogP contribution in [0, 0.1) is 0 Å². The Hall–Kier alpha value is -1.72. The van der Waals surface area contributed by atoms with E-state index in [-0.39, 0.29) is 6.02 Å². The van der Waals surface area contributed by atoms with Crippen LogP contribution in [0.5, 0.6) is 0 Å². The summed E-state index contributed by atoms with van der Waals surface area (Å²) in [5.41, 5.74) is 4.50. The highest BCUT2D eigenvalue weighted by Crippen LogP contribution is 2.32. The molecule has 1 amide bonds. The molecule has 2 atom stereocenters. The monoisotopic (exact) mass is 197 g/mol. The molecule has 2 aliphatic rings. The molecule has 2 heterocycles. The van der Waals surface area contributed by atoms with Gasteiger partial charge in [0.2, 0.25) is 0 Å². The molecular weight excluding hydrogens is 186 g/mol. The average Bonchev–Trinajstić information content (AvgIpc) is 2.37. The summed E-state index contributed by atoms with van der Waals surface area (Å²) >= 11 is 0. The third kappa shape index (κ3) is 1.03. The van der Waals surface area contributed by atoms with Gasteiger partial charge in [-0.05, 0) is 13.0 Å². The quantitative estimate of drug-likeness (QED) is 0.533. The van der Waals surface area contributed by atoms with Crippen molar-refractivity contribution in [1.82, 2.24) is 4.90 Å². The number of amidine groups is 1. The van der Waals surface area contributed by atoms with Crippen LogP contribution in [0.25, 0.3) is 0 Å². The number of nitrogens with zero attached hydrogens (tertiary/aromatic N) is 2. The highest BCUT2D eigenvalue weighted by atomic mass is 16.5. The molecule has 3 N–H and O–H groups in total. The van der Waals surface area contributed by atoms with E-state index in [4.69, 9.17) is 15.6 Å². The lowest BCUT2D eigenvalue weighted by Gasteiger charge is -2.37. The highest BCUT2D eigenvalue weighted by Gasteiger charge is 2.48. The summed E-state index contributed by atoms with van der Waals surface area (Å²) < 4.78 is 5.18. The molecule has 0 radical (unpaired) electrons. The molecule has 6 heteroatoms. The number of fused-ring (bicyclic) bond motifs is 1. The minimum Gasteiger partial charge on any atom is -0.465 e. The molecule has 0 aromatic heterocycles. The van der Waals surface area contributed by atoms with Gasteiger partial charge in [0.1, 0.15) is 0 Å². The largest absolute Gasteiger partial charge is 0.465 e. The van der Waals surface area contributed by atoms with Crippen LogP contribution in [0.4, 0.5) is 4.79 Å². The van der Waals surface area contributed by atoms with E-state index >= 15 is 0 Å². The van der Waals surface area contributed by atoms with E-state index in [0.29, 0.717) is 6.54 Å². The second kappa shape index (κ2) is 2.63. The van der Waals surface area contributed by atoms with Crippen molar-refractivity contribution in [2.75, 3.05) is 6.54 Å². The number of hydrogen-bond acceptors (Lipinski definition) is 4. The molecule has 14 heavy (non-hydrogen) atoms. The number of ether oxygens (including phenoxy) is 1. The van der Waals surface area contributed by atoms with Gasteiger partial charge in [0.15, 0.2) is 11.8 Å². The predicted octanol–water partition coefficient (Wildman–Crippen LogP) is -0.0341. The van der Waals surface area contributed by atoms with Gasteiger partial charge in [-0.2, -0.15) is 0 Å². The lowest BCUT2D eigenvalue weighted by Crippen LogP contribution is -2.55. The summed E-state index contributed by atoms with van der Waals surface area (Å²) in [4.78, 5) is 16.2. The molecule has 0 saturated carbocycles. The Morgan fingerprint density at radius 3 is 3.29 bits per heavy atom. The minimum absolute atomic E-state index is 0.0373. The molecule has 0 aromatic carbocycles. The molecular formula is C8H11N3O3. The van der Waals surface area contributed by atoms with Gasteiger partial charge in [0.05, 0.1) is 0 Å². The SMILES string of the molecule is C[C@]12N=C(N)O[C@H]1C=CCN2C(=O)O. The fourth-order valence-corrected chi connectivity index (χ4v) is 1.74. The first-order valence-electron chi connectivity index (χ1n) is 4.23. The van der Waals surface area contributed by atoms with E-state index in [2.05, 4.69) is 4.99 Å². The lowest BCUT2D eigenvalue weighted by molar-refractivity contribution is 0.0432. The third-order valence-corrected chi connectivity index (χ3v) is 2.50. The zero-order valence-electron chi connectivity index (χ0n) is 7.67. The molecule has 6 nitrogen and oxygen atoms in total. The summed E-state index contributed by atoms with van der Waals surface area (Å²) in [7, 11) is 0. The van der Waals surface area contributed by atoms with Crippen LogP contribution < -0.4 is 5.73 Å². The number of carboxylic acid groups (broad SMARTS) is 1. The molecule has 0 unspecified atom stereocenters. The first-order chi connectivity index (χ1) is 6.54. The zero-order chi connectivity index (χ0) is 10.3. The van der Waals surface area contributed by atoms with Crippen LogP contribution in [-0.2, 0) is 4.74 Å². The molecule has 0 bridgehead atoms. The van der Waals surface area contributed by atoms with Gasteiger partial charge in [0, 0.05) is 6.54 Å². The van der Waals surface area contributed by atoms with Gasteiger partial charge in [-0.25, -0.2) is 9.79 Å². The van der Waals surface area contributed by atoms with Crippen molar-refractivity contribution in [2.45, 2.75) is 18.7 Å². The van der Waals surface area contributed by atoms with Gasteiger partial charge >= 0.3 is 6.09 Å². The Labute approximate surface area is 80.7 Å². The summed E-state index contributed by atoms with van der Waals surface area (Å²) in [6, 6.07) is 0.0373. The normalized spacial score (nSPS) is 34.8. The maximum atomic E-state index is 10.9. The van der Waals surface area contributed by atoms with E-state index < -0.39 is 17.9 Å². The standard InChI is InChI=1S/C8H11N3O3/c1-8-5(14-6(9)10-8)3-2-4-11(8)7(12)13/h2-3,5H,4H2,1H3,(H2,9,10)(H,12,13)/t5-,8+/m0/s1. The maximum absolute atomic E-state index is 10.9. The number of hydrogen-bond donors (Lipinski definition) is 2. The molecule has 0 aromatic rings. The molecule has 76 valence electrons. The summed E-state index contributed by atoms with van der Waals surface area (Å²) in [5, 5.41) is 8.96. The smallest absolute Gasteiger partial charge is 0.409 e. The molecule has 2 aliphatic heterocycles. The number of carbonyl (C=O) groups is 1. The van der Waals surface area contributed by atoms with Gasteiger partial charge < -0.3 is 15.6 Å². The molecule has 0 fully saturated rings. The van der Waals surface area contributed by atoms with Crippen molar-refractivity contribution >= 4 is 12.1 Å². The molecule has 2 rings (SSSR count). The van der Waals surface area contributed by atoms with E-state index in [9.17, 15) is 4.79 Å². The van der Waals surface area contributed by atoms with Crippen LogP contribution in [0.2, 0.25) is 0 Å². The Bertz CT molecular complexity index is 339. The van der Waals surface area contributed by atoms with Gasteiger partial charge in [-0.3, -0.25) is 4.90 Å². The Morgan fingerprint density at radius 1 is 1.93 bits per heavy atom. The lowest BCUT2D eigenvalue weighted by atomic mass is 10.0. The van der Waals surface area contributed by atoms with Crippen LogP contribution in [0.1, 0.15) is 6.92 Å². The van der Waals surface area contributed by atoms with Crippen LogP contribution in [0.15, 0.2) is 17.1 Å². The van der Waals surface area contributed by atoms with Crippen molar-refractivity contribution in [3.05, 3.63) is 12.2 Å². The van der Waals surface area contributed by atoms with E-state index in [1.807, 2.05) is 0 Å². The maximum Gasteiger partial charge on any atom is 0.409 e. The molecule has 0 saturated heterocycles. The fraction of sp³-hybridized carbons (Fsp3) is 0.500. The van der Waals surface area contributed by atoms with Crippen molar-refractivity contribution in [2.24, 2.45) is 10.7 Å². The van der Waals surface area contributed by atoms with Crippen molar-refractivity contribution in [3.8, 4) is 0 Å². The second-order valence-corrected chi connectivity index (χ2v) is 3.40. The summed E-state index contributed by atoms with van der Waals surface area (Å²) in [6.07, 6.45) is 2.08. The van der Waals surface area contributed by atoms with Crippen LogP contribution in [0.3, 0.4) is 0 Å². The molecule has 0 aliphatic carbocycles. The topological polar surface area (TPSA) is 88.2 Å². The predicted molar refractivity (Wildman–Crippen MR) is 48.8 cm³/mol. The Balaban J connectivity index is 2.39. The molecule has 0 spiro atoms. The average molecular weight is 197 g/mol. The van der Waals surface area contributed by atoms with Crippen LogP contribution in [-0.4, -0.2) is 40.4 Å². The van der Waals surface area contributed by atoms with E-state index in [1.165, 1.54) is 4.90 Å². The Kier molecular flexibility index (Phi) is 1.67. The number of nitrogens with two attached hydrogens (primary N) is 1. The van der Waals surface area contributed by atoms with Gasteiger partial charge in [-0.15, -0.1) is 0 Å². The van der Waals surface area contributed by atoms with E-state index in [0.717, 1.165) is 0 Å². The van der Waals surface area contributed by atoms with Gasteiger partial charge in [-0.1, -0.05) is 6.08 Å². The fourth-order valence-electron chi connectivity index (χ4n) is 1.74. The summed E-state index contributed by atoms with van der Waals surface area (Å²) in [6.45, 7) is 2.00. The zero-order valence-corrected chi connectivity index (χ0v) is 7.67. The van der Waals surface area contributed by atoms with E-state index in [1.54, 1.807) is 19.1 Å². The first-order valence-corrected chi connectivity index (χ1v) is 4.23. The van der Waals surface area contributed by atoms with Gasteiger partial charge in [0.25, 0.3) is 6.02 Å². The second-order valence-electron chi connectivity index (χ2n) is 3.40. The first kappa shape index (κ1) is 8.86. The highest BCUT2D eigenvalue weighted by molar-refractivity contribution is 5.76. The number of rotatable bonds is 0. The number of amides is 1. The summed E-state index contributed by atoms with van der Waals surface area (Å²) in [5.74, 6) is 0.